The van der Waals surface area contributed by atoms with Crippen molar-refractivity contribution in [3.05, 3.63) is 79.3 Å². The lowest BCUT2D eigenvalue weighted by Crippen LogP contribution is -1.91. The summed E-state index contributed by atoms with van der Waals surface area (Å²) in [7, 11) is 0. The number of anilines is 2. The first-order chi connectivity index (χ1) is 11.9. The third-order valence-electron chi connectivity index (χ3n) is 3.51. The molecule has 0 spiro atoms. The van der Waals surface area contributed by atoms with Gasteiger partial charge in [-0.25, -0.2) is 9.97 Å². The molecule has 0 fully saturated rings. The molecule has 116 valence electrons. The van der Waals surface area contributed by atoms with Crippen LogP contribution in [0.25, 0.3) is 21.8 Å². The van der Waals surface area contributed by atoms with Crippen LogP contribution in [0, 0.1) is 0 Å². The number of hydrogen-bond acceptors (Lipinski definition) is 5. The highest BCUT2D eigenvalue weighted by atomic mass is 32.1. The van der Waals surface area contributed by atoms with Crippen LogP contribution in [0.4, 0.5) is 10.8 Å². The van der Waals surface area contributed by atoms with Crippen molar-refractivity contribution in [1.29, 1.82) is 0 Å². The van der Waals surface area contributed by atoms with Gasteiger partial charge < -0.3 is 5.32 Å². The van der Waals surface area contributed by atoms with Gasteiger partial charge in [-0.15, -0.1) is 0 Å². The summed E-state index contributed by atoms with van der Waals surface area (Å²) in [6, 6.07) is 20.1. The van der Waals surface area contributed by atoms with E-state index in [0.29, 0.717) is 0 Å². The Hall–Kier alpha value is -3.05. The molecule has 1 aromatic carbocycles. The zero-order chi connectivity index (χ0) is 16.2. The van der Waals surface area contributed by atoms with E-state index in [2.05, 4.69) is 32.4 Å². The second-order valence-corrected chi connectivity index (χ2v) is 6.20. The van der Waals surface area contributed by atoms with E-state index in [0.717, 1.165) is 27.1 Å². The number of hydrogen-bond donors (Lipinski definition) is 1. The number of nitrogens with one attached hydrogen (secondary N) is 1. The fraction of sp³-hybridized carbons (Fsp3) is 0. The van der Waals surface area contributed by atoms with Gasteiger partial charge in [0, 0.05) is 12.4 Å². The molecule has 4 rings (SSSR count). The minimum atomic E-state index is 0.799. The van der Waals surface area contributed by atoms with Crippen LogP contribution in [-0.2, 0) is 0 Å². The SMILES string of the molecule is c1ccc(-c2ccnc(Nc3cnc(-c4ccccn4)s3)c2)cc1. The minimum Gasteiger partial charge on any atom is -0.331 e. The molecule has 1 N–H and O–H groups in total. The molecule has 0 radical (unpaired) electrons. The fourth-order valence-corrected chi connectivity index (χ4v) is 3.17. The maximum atomic E-state index is 4.43. The summed E-state index contributed by atoms with van der Waals surface area (Å²) in [6.07, 6.45) is 5.39. The number of benzene rings is 1. The zero-order valence-electron chi connectivity index (χ0n) is 12.8. The average Bonchev–Trinajstić information content (AvgIpc) is 3.12. The largest absolute Gasteiger partial charge is 0.331 e. The van der Waals surface area contributed by atoms with Gasteiger partial charge in [0.05, 0.1) is 11.9 Å². The van der Waals surface area contributed by atoms with Gasteiger partial charge in [0.2, 0.25) is 0 Å². The highest BCUT2D eigenvalue weighted by molar-refractivity contribution is 7.18. The van der Waals surface area contributed by atoms with E-state index in [4.69, 9.17) is 0 Å². The van der Waals surface area contributed by atoms with E-state index in [9.17, 15) is 0 Å². The molecule has 4 nitrogen and oxygen atoms in total. The normalized spacial score (nSPS) is 10.5. The van der Waals surface area contributed by atoms with E-state index in [1.54, 1.807) is 17.5 Å². The third kappa shape index (κ3) is 3.16. The predicted molar refractivity (Wildman–Crippen MR) is 98.3 cm³/mol. The van der Waals surface area contributed by atoms with Crippen LogP contribution < -0.4 is 5.32 Å². The summed E-state index contributed by atoms with van der Waals surface area (Å²) in [5.74, 6) is 0.799. The van der Waals surface area contributed by atoms with Crippen molar-refractivity contribution in [2.75, 3.05) is 5.32 Å². The van der Waals surface area contributed by atoms with Gasteiger partial charge in [-0.1, -0.05) is 47.7 Å². The van der Waals surface area contributed by atoms with Crippen LogP contribution in [0.15, 0.2) is 79.3 Å². The van der Waals surface area contributed by atoms with E-state index in [-0.39, 0.29) is 0 Å². The molecule has 24 heavy (non-hydrogen) atoms. The molecular formula is C19H14N4S. The Morgan fingerprint density at radius 3 is 2.46 bits per heavy atom. The predicted octanol–water partition coefficient (Wildman–Crippen LogP) is 5.01. The van der Waals surface area contributed by atoms with Crippen molar-refractivity contribution in [1.82, 2.24) is 15.0 Å². The second-order valence-electron chi connectivity index (χ2n) is 5.17. The van der Waals surface area contributed by atoms with Crippen LogP contribution >= 0.6 is 11.3 Å². The molecular weight excluding hydrogens is 316 g/mol. The molecule has 3 aromatic heterocycles. The van der Waals surface area contributed by atoms with Gasteiger partial charge in [-0.2, -0.15) is 0 Å². The molecule has 0 saturated carbocycles. The molecule has 0 amide bonds. The lowest BCUT2D eigenvalue weighted by Gasteiger charge is -2.05. The van der Waals surface area contributed by atoms with Crippen LogP contribution in [0.1, 0.15) is 0 Å². The van der Waals surface area contributed by atoms with Gasteiger partial charge in [-0.3, -0.25) is 4.98 Å². The van der Waals surface area contributed by atoms with Gasteiger partial charge >= 0.3 is 0 Å². The van der Waals surface area contributed by atoms with E-state index < -0.39 is 0 Å². The quantitative estimate of drug-likeness (QED) is 0.571. The van der Waals surface area contributed by atoms with Crippen molar-refractivity contribution in [2.45, 2.75) is 0 Å². The monoisotopic (exact) mass is 330 g/mol. The molecule has 0 bridgehead atoms. The minimum absolute atomic E-state index is 0.799. The van der Waals surface area contributed by atoms with Gasteiger partial charge in [0.25, 0.3) is 0 Å². The maximum Gasteiger partial charge on any atom is 0.143 e. The summed E-state index contributed by atoms with van der Waals surface area (Å²) < 4.78 is 0. The molecule has 0 saturated heterocycles. The smallest absolute Gasteiger partial charge is 0.143 e. The van der Waals surface area contributed by atoms with E-state index >= 15 is 0 Å². The highest BCUT2D eigenvalue weighted by Gasteiger charge is 2.07. The molecule has 0 atom stereocenters. The lowest BCUT2D eigenvalue weighted by molar-refractivity contribution is 1.29. The molecule has 0 unspecified atom stereocenters. The van der Waals surface area contributed by atoms with Crippen molar-refractivity contribution in [2.24, 2.45) is 0 Å². The van der Waals surface area contributed by atoms with Gasteiger partial charge in [0.15, 0.2) is 0 Å². The molecule has 4 aromatic rings. The van der Waals surface area contributed by atoms with Gasteiger partial charge in [0.1, 0.15) is 15.8 Å². The van der Waals surface area contributed by atoms with Crippen molar-refractivity contribution >= 4 is 22.2 Å². The molecule has 0 aliphatic heterocycles. The average molecular weight is 330 g/mol. The summed E-state index contributed by atoms with van der Waals surface area (Å²) >= 11 is 1.56. The Bertz CT molecular complexity index is 936. The van der Waals surface area contributed by atoms with Crippen molar-refractivity contribution in [3.8, 4) is 21.8 Å². The molecule has 0 aliphatic carbocycles. The van der Waals surface area contributed by atoms with Gasteiger partial charge in [-0.05, 0) is 35.4 Å². The highest BCUT2D eigenvalue weighted by Crippen LogP contribution is 2.29. The summed E-state index contributed by atoms with van der Waals surface area (Å²) in [5.41, 5.74) is 3.17. The van der Waals surface area contributed by atoms with Crippen LogP contribution in [-0.4, -0.2) is 15.0 Å². The number of thiazole rings is 1. The Labute approximate surface area is 143 Å². The summed E-state index contributed by atoms with van der Waals surface area (Å²) in [6.45, 7) is 0. The standard InChI is InChI=1S/C19H14N4S/c1-2-6-14(7-3-1)15-9-11-21-17(12-15)23-18-13-22-19(24-18)16-8-4-5-10-20-16/h1-13H,(H,21,23). The van der Waals surface area contributed by atoms with Crippen molar-refractivity contribution in [3.63, 3.8) is 0 Å². The Morgan fingerprint density at radius 2 is 1.62 bits per heavy atom. The van der Waals surface area contributed by atoms with E-state index in [1.807, 2.05) is 60.9 Å². The molecule has 0 aliphatic rings. The first kappa shape index (κ1) is 14.5. The molecule has 3 heterocycles. The first-order valence-corrected chi connectivity index (χ1v) is 8.36. The topological polar surface area (TPSA) is 50.7 Å². The number of aromatic nitrogens is 3. The van der Waals surface area contributed by atoms with Crippen LogP contribution in [0.5, 0.6) is 0 Å². The van der Waals surface area contributed by atoms with Crippen LogP contribution in [0.3, 0.4) is 0 Å². The second kappa shape index (κ2) is 6.60. The fourth-order valence-electron chi connectivity index (χ4n) is 2.37. The Balaban J connectivity index is 1.57. The zero-order valence-corrected chi connectivity index (χ0v) is 13.6. The first-order valence-electron chi connectivity index (χ1n) is 7.54. The number of nitrogens with zero attached hydrogens (tertiary/aromatic N) is 3. The third-order valence-corrected chi connectivity index (χ3v) is 4.44. The van der Waals surface area contributed by atoms with Crippen LogP contribution in [0.2, 0.25) is 0 Å². The summed E-state index contributed by atoms with van der Waals surface area (Å²) in [5, 5.41) is 5.15. The Kier molecular flexibility index (Phi) is 4.00. The molecule has 5 heteroatoms. The number of pyridine rings is 2. The van der Waals surface area contributed by atoms with E-state index in [1.165, 1.54) is 5.56 Å². The maximum absolute atomic E-state index is 4.43. The summed E-state index contributed by atoms with van der Waals surface area (Å²) in [4.78, 5) is 13.2. The number of rotatable bonds is 4. The lowest BCUT2D eigenvalue weighted by atomic mass is 10.1. The van der Waals surface area contributed by atoms with Crippen molar-refractivity contribution < 1.29 is 0 Å². The Morgan fingerprint density at radius 1 is 0.750 bits per heavy atom.